The minimum Gasteiger partial charge on any atom is -0.493 e. The molecule has 1 heterocycles. The van der Waals surface area contributed by atoms with Crippen molar-refractivity contribution in [3.05, 3.63) is 48.4 Å². The molecule has 8 nitrogen and oxygen atoms in total. The Bertz CT molecular complexity index is 1150. The molecule has 0 unspecified atom stereocenters. The van der Waals surface area contributed by atoms with Gasteiger partial charge in [0.1, 0.15) is 0 Å². The highest BCUT2D eigenvalue weighted by atomic mass is 32.2. The largest absolute Gasteiger partial charge is 0.493 e. The number of nitrogens with one attached hydrogen (secondary N) is 1. The first-order valence-corrected chi connectivity index (χ1v) is 11.7. The van der Waals surface area contributed by atoms with Gasteiger partial charge in [-0.15, -0.1) is 0 Å². The van der Waals surface area contributed by atoms with E-state index in [1.54, 1.807) is 44.6 Å². The van der Waals surface area contributed by atoms with Crippen molar-refractivity contribution in [1.29, 1.82) is 0 Å². The monoisotopic (exact) mass is 443 g/mol. The van der Waals surface area contributed by atoms with Gasteiger partial charge in [-0.05, 0) is 49.2 Å². The molecule has 1 N–H and O–H groups in total. The van der Waals surface area contributed by atoms with E-state index < -0.39 is 9.84 Å². The van der Waals surface area contributed by atoms with Gasteiger partial charge in [-0.3, -0.25) is 0 Å². The van der Waals surface area contributed by atoms with Crippen molar-refractivity contribution >= 4 is 15.5 Å². The maximum absolute atomic E-state index is 12.8. The molecule has 0 atom stereocenters. The third-order valence-corrected chi connectivity index (χ3v) is 7.72. The predicted octanol–water partition coefficient (Wildman–Crippen LogP) is 4.08. The van der Waals surface area contributed by atoms with Crippen molar-refractivity contribution in [2.24, 2.45) is 0 Å². The van der Waals surface area contributed by atoms with Crippen LogP contribution in [0.15, 0.2) is 51.9 Å². The summed E-state index contributed by atoms with van der Waals surface area (Å²) in [6.07, 6.45) is 3.42. The first kappa shape index (κ1) is 21.2. The number of sulfone groups is 1. The number of nitrogens with zero attached hydrogens (tertiary/aromatic N) is 2. The van der Waals surface area contributed by atoms with Crippen molar-refractivity contribution in [2.75, 3.05) is 19.5 Å². The molecular weight excluding hydrogens is 418 g/mol. The third-order valence-electron chi connectivity index (χ3n) is 5.46. The number of ether oxygens (including phenoxy) is 2. The van der Waals surface area contributed by atoms with Crippen molar-refractivity contribution < 1.29 is 22.4 Å². The molecule has 1 fully saturated rings. The Morgan fingerprint density at radius 1 is 1.06 bits per heavy atom. The summed E-state index contributed by atoms with van der Waals surface area (Å²) in [5.41, 5.74) is 1.42. The van der Waals surface area contributed by atoms with Gasteiger partial charge in [0, 0.05) is 11.3 Å². The molecule has 2 aromatic carbocycles. The lowest BCUT2D eigenvalue weighted by atomic mass is 10.2. The van der Waals surface area contributed by atoms with E-state index in [4.69, 9.17) is 14.0 Å². The lowest BCUT2D eigenvalue weighted by Gasteiger charge is -2.12. The Labute approximate surface area is 181 Å². The molecule has 4 rings (SSSR count). The summed E-state index contributed by atoms with van der Waals surface area (Å²) in [7, 11) is -0.165. The number of benzene rings is 2. The second kappa shape index (κ2) is 8.97. The quantitative estimate of drug-likeness (QED) is 0.555. The Hall–Kier alpha value is -3.07. The van der Waals surface area contributed by atoms with E-state index in [2.05, 4.69) is 15.5 Å². The van der Waals surface area contributed by atoms with Crippen molar-refractivity contribution in [3.63, 3.8) is 0 Å². The fraction of sp³-hybridized carbons (Fsp3) is 0.364. The Balaban J connectivity index is 1.46. The third kappa shape index (κ3) is 4.51. The molecule has 1 saturated carbocycles. The minimum absolute atomic E-state index is 0.271. The maximum Gasteiger partial charge on any atom is 0.246 e. The van der Waals surface area contributed by atoms with Crippen LogP contribution < -0.4 is 14.8 Å². The molecule has 1 aromatic heterocycles. The van der Waals surface area contributed by atoms with E-state index in [1.165, 1.54) is 0 Å². The van der Waals surface area contributed by atoms with Gasteiger partial charge in [0.2, 0.25) is 11.7 Å². The highest BCUT2D eigenvalue weighted by molar-refractivity contribution is 7.92. The van der Waals surface area contributed by atoms with Crippen LogP contribution >= 0.6 is 0 Å². The summed E-state index contributed by atoms with van der Waals surface area (Å²) in [4.78, 5) is 4.75. The van der Waals surface area contributed by atoms with Crippen LogP contribution in [0.2, 0.25) is 0 Å². The summed E-state index contributed by atoms with van der Waals surface area (Å²) in [6.45, 7) is 0.271. The molecule has 1 aliphatic rings. The van der Waals surface area contributed by atoms with E-state index in [1.807, 2.05) is 12.1 Å². The van der Waals surface area contributed by atoms with Crippen molar-refractivity contribution in [3.8, 4) is 22.9 Å². The zero-order chi connectivity index (χ0) is 21.8. The number of methoxy groups -OCH3 is 2. The second-order valence-electron chi connectivity index (χ2n) is 7.41. The number of rotatable bonds is 8. The fourth-order valence-electron chi connectivity index (χ4n) is 3.77. The van der Waals surface area contributed by atoms with Gasteiger partial charge in [0.05, 0.1) is 30.9 Å². The van der Waals surface area contributed by atoms with E-state index in [0.29, 0.717) is 33.8 Å². The van der Waals surface area contributed by atoms with Crippen LogP contribution in [-0.2, 0) is 16.4 Å². The van der Waals surface area contributed by atoms with Crippen LogP contribution in [0, 0.1) is 0 Å². The van der Waals surface area contributed by atoms with E-state index >= 15 is 0 Å². The first-order valence-electron chi connectivity index (χ1n) is 10.1. The lowest BCUT2D eigenvalue weighted by Crippen LogP contribution is -2.17. The SMILES string of the molecule is COc1ccc(-c2noc(CNc3cccc(S(=O)(=O)C4CCCC4)c3)n2)cc1OC. The molecule has 31 heavy (non-hydrogen) atoms. The summed E-state index contributed by atoms with van der Waals surface area (Å²) in [6, 6.07) is 12.3. The van der Waals surface area contributed by atoms with E-state index in [-0.39, 0.29) is 11.8 Å². The van der Waals surface area contributed by atoms with Crippen LogP contribution in [0.25, 0.3) is 11.4 Å². The molecule has 0 aliphatic heterocycles. The smallest absolute Gasteiger partial charge is 0.246 e. The molecule has 0 radical (unpaired) electrons. The number of anilines is 1. The topological polar surface area (TPSA) is 104 Å². The van der Waals surface area contributed by atoms with Crippen LogP contribution in [0.5, 0.6) is 11.5 Å². The van der Waals surface area contributed by atoms with Crippen LogP contribution in [0.1, 0.15) is 31.6 Å². The van der Waals surface area contributed by atoms with Gasteiger partial charge in [-0.2, -0.15) is 4.98 Å². The second-order valence-corrected chi connectivity index (χ2v) is 9.64. The zero-order valence-electron chi connectivity index (χ0n) is 17.5. The first-order chi connectivity index (χ1) is 15.0. The molecule has 3 aromatic rings. The minimum atomic E-state index is -3.30. The maximum atomic E-state index is 12.8. The summed E-state index contributed by atoms with van der Waals surface area (Å²) in [5, 5.41) is 6.91. The molecule has 0 spiro atoms. The Morgan fingerprint density at radius 3 is 2.58 bits per heavy atom. The molecule has 164 valence electrons. The average molecular weight is 444 g/mol. The van der Waals surface area contributed by atoms with Gasteiger partial charge in [0.15, 0.2) is 21.3 Å². The number of hydrogen-bond acceptors (Lipinski definition) is 8. The van der Waals surface area contributed by atoms with Gasteiger partial charge >= 0.3 is 0 Å². The van der Waals surface area contributed by atoms with Crippen LogP contribution in [0.4, 0.5) is 5.69 Å². The van der Waals surface area contributed by atoms with Crippen LogP contribution in [0.3, 0.4) is 0 Å². The average Bonchev–Trinajstić information content (AvgIpc) is 3.50. The molecule has 0 amide bonds. The standard InChI is InChI=1S/C22H25N3O5S/c1-28-19-11-10-15(12-20(19)29-2)22-24-21(30-25-22)14-23-16-6-5-9-18(13-16)31(26,27)17-7-3-4-8-17/h5-6,9-13,17,23H,3-4,7-8,14H2,1-2H3. The van der Waals surface area contributed by atoms with Gasteiger partial charge in [-0.25, -0.2) is 8.42 Å². The Kier molecular flexibility index (Phi) is 6.13. The number of aromatic nitrogens is 2. The van der Waals surface area contributed by atoms with Gasteiger partial charge in [-0.1, -0.05) is 24.1 Å². The van der Waals surface area contributed by atoms with Crippen molar-refractivity contribution in [1.82, 2.24) is 10.1 Å². The molecule has 0 saturated heterocycles. The predicted molar refractivity (Wildman–Crippen MR) is 116 cm³/mol. The highest BCUT2D eigenvalue weighted by Crippen LogP contribution is 2.32. The van der Waals surface area contributed by atoms with E-state index in [0.717, 1.165) is 31.2 Å². The number of hydrogen-bond donors (Lipinski definition) is 1. The highest BCUT2D eigenvalue weighted by Gasteiger charge is 2.30. The zero-order valence-corrected chi connectivity index (χ0v) is 18.3. The van der Waals surface area contributed by atoms with Crippen molar-refractivity contribution in [2.45, 2.75) is 42.4 Å². The summed E-state index contributed by atoms with van der Waals surface area (Å²) in [5.74, 6) is 2.00. The molecule has 9 heteroatoms. The van der Waals surface area contributed by atoms with Gasteiger partial charge in [0.25, 0.3) is 0 Å². The summed E-state index contributed by atoms with van der Waals surface area (Å²) >= 11 is 0. The molecular formula is C22H25N3O5S. The summed E-state index contributed by atoms with van der Waals surface area (Å²) < 4.78 is 41.6. The normalized spacial score (nSPS) is 14.5. The fourth-order valence-corrected chi connectivity index (χ4v) is 5.67. The molecule has 0 bridgehead atoms. The van der Waals surface area contributed by atoms with Gasteiger partial charge < -0.3 is 19.3 Å². The van der Waals surface area contributed by atoms with E-state index in [9.17, 15) is 8.42 Å². The Morgan fingerprint density at radius 2 is 1.84 bits per heavy atom. The van der Waals surface area contributed by atoms with Crippen LogP contribution in [-0.4, -0.2) is 38.0 Å². The lowest BCUT2D eigenvalue weighted by molar-refractivity contribution is 0.355. The molecule has 1 aliphatic carbocycles.